The third-order valence-electron chi connectivity index (χ3n) is 4.39. The fourth-order valence-electron chi connectivity index (χ4n) is 2.89. The molecule has 2 atom stereocenters. The zero-order valence-corrected chi connectivity index (χ0v) is 10.8. The summed E-state index contributed by atoms with van der Waals surface area (Å²) in [6, 6.07) is 2.02. The van der Waals surface area contributed by atoms with Crippen molar-refractivity contribution in [2.75, 3.05) is 0 Å². The molecule has 2 aliphatic rings. The molecule has 94 valence electrons. The molecule has 0 spiro atoms. The molecule has 2 rings (SSSR count). The smallest absolute Gasteiger partial charge is 0.224 e. The first-order valence-corrected chi connectivity index (χ1v) is 6.74. The third-order valence-corrected chi connectivity index (χ3v) is 4.39. The summed E-state index contributed by atoms with van der Waals surface area (Å²) >= 11 is 0. The zero-order valence-electron chi connectivity index (χ0n) is 10.8. The van der Waals surface area contributed by atoms with E-state index in [0.717, 1.165) is 19.3 Å². The molecule has 3 nitrogen and oxygen atoms in total. The van der Waals surface area contributed by atoms with Crippen LogP contribution in [0.1, 0.15) is 52.4 Å². The maximum atomic E-state index is 12.0. The van der Waals surface area contributed by atoms with Crippen molar-refractivity contribution in [2.24, 2.45) is 17.3 Å². The van der Waals surface area contributed by atoms with Gasteiger partial charge in [-0.05, 0) is 30.6 Å². The van der Waals surface area contributed by atoms with Crippen LogP contribution in [0.3, 0.4) is 0 Å². The van der Waals surface area contributed by atoms with Crippen molar-refractivity contribution in [3.8, 4) is 6.07 Å². The van der Waals surface area contributed by atoms with Crippen LogP contribution in [-0.2, 0) is 4.79 Å². The molecular formula is C14H22N2O. The first-order chi connectivity index (χ1) is 8.04. The van der Waals surface area contributed by atoms with Gasteiger partial charge < -0.3 is 5.32 Å². The van der Waals surface area contributed by atoms with E-state index in [1.54, 1.807) is 0 Å². The highest BCUT2D eigenvalue weighted by Crippen LogP contribution is 2.51. The number of amides is 1. The molecule has 3 heteroatoms. The summed E-state index contributed by atoms with van der Waals surface area (Å²) < 4.78 is 0. The molecule has 17 heavy (non-hydrogen) atoms. The van der Waals surface area contributed by atoms with E-state index in [1.165, 1.54) is 19.3 Å². The van der Waals surface area contributed by atoms with Gasteiger partial charge in [-0.1, -0.05) is 33.1 Å². The van der Waals surface area contributed by atoms with Crippen molar-refractivity contribution in [2.45, 2.75) is 58.4 Å². The van der Waals surface area contributed by atoms with E-state index in [1.807, 2.05) is 0 Å². The standard InChI is InChI=1S/C14H22N2O/c1-14(2)8-11(14)13(17)16-12(9-15)10-6-4-3-5-7-10/h10-12H,3-8H2,1-2H3,(H,16,17). The molecule has 1 N–H and O–H groups in total. The molecule has 0 saturated heterocycles. The van der Waals surface area contributed by atoms with Gasteiger partial charge in [-0.2, -0.15) is 5.26 Å². The number of nitriles is 1. The van der Waals surface area contributed by atoms with E-state index in [2.05, 4.69) is 25.2 Å². The van der Waals surface area contributed by atoms with E-state index in [-0.39, 0.29) is 23.3 Å². The lowest BCUT2D eigenvalue weighted by Gasteiger charge is -2.26. The molecule has 2 aliphatic carbocycles. The first kappa shape index (κ1) is 12.4. The predicted molar refractivity (Wildman–Crippen MR) is 66.0 cm³/mol. The van der Waals surface area contributed by atoms with Crippen LogP contribution in [0.5, 0.6) is 0 Å². The van der Waals surface area contributed by atoms with Crippen LogP contribution in [0.2, 0.25) is 0 Å². The van der Waals surface area contributed by atoms with Crippen LogP contribution in [0.25, 0.3) is 0 Å². The van der Waals surface area contributed by atoms with Gasteiger partial charge in [0.15, 0.2) is 0 Å². The number of nitrogens with zero attached hydrogens (tertiary/aromatic N) is 1. The molecule has 0 bridgehead atoms. The number of rotatable bonds is 3. The van der Waals surface area contributed by atoms with Gasteiger partial charge in [-0.3, -0.25) is 4.79 Å². The molecule has 0 aromatic carbocycles. The van der Waals surface area contributed by atoms with Crippen LogP contribution >= 0.6 is 0 Å². The van der Waals surface area contributed by atoms with Gasteiger partial charge in [-0.25, -0.2) is 0 Å². The molecule has 2 fully saturated rings. The Morgan fingerprint density at radius 3 is 2.41 bits per heavy atom. The molecule has 2 saturated carbocycles. The molecule has 0 heterocycles. The number of hydrogen-bond acceptors (Lipinski definition) is 2. The van der Waals surface area contributed by atoms with Crippen LogP contribution < -0.4 is 5.32 Å². The average molecular weight is 234 g/mol. The third kappa shape index (κ3) is 2.80. The SMILES string of the molecule is CC1(C)CC1C(=O)NC(C#N)C1CCCCC1. The second-order valence-corrected chi connectivity index (χ2v) is 6.26. The quantitative estimate of drug-likeness (QED) is 0.816. The summed E-state index contributed by atoms with van der Waals surface area (Å²) in [5.41, 5.74) is 0.149. The number of carbonyl (C=O) groups excluding carboxylic acids is 1. The van der Waals surface area contributed by atoms with Crippen LogP contribution in [0.4, 0.5) is 0 Å². The summed E-state index contributed by atoms with van der Waals surface area (Å²) in [6.45, 7) is 4.22. The Kier molecular flexibility index (Phi) is 3.42. The van der Waals surface area contributed by atoms with Gasteiger partial charge in [0.1, 0.15) is 6.04 Å². The summed E-state index contributed by atoms with van der Waals surface area (Å²) in [5, 5.41) is 12.1. The van der Waals surface area contributed by atoms with E-state index in [4.69, 9.17) is 0 Å². The fraction of sp³-hybridized carbons (Fsp3) is 0.857. The predicted octanol–water partition coefficient (Wildman–Crippen LogP) is 2.62. The fourth-order valence-corrected chi connectivity index (χ4v) is 2.89. The molecule has 0 radical (unpaired) electrons. The Bertz CT molecular complexity index is 337. The maximum absolute atomic E-state index is 12.0. The minimum absolute atomic E-state index is 0.0899. The topological polar surface area (TPSA) is 52.9 Å². The van der Waals surface area contributed by atoms with Gasteiger partial charge in [0.25, 0.3) is 0 Å². The second-order valence-electron chi connectivity index (χ2n) is 6.26. The van der Waals surface area contributed by atoms with Crippen molar-refractivity contribution >= 4 is 5.91 Å². The van der Waals surface area contributed by atoms with Crippen molar-refractivity contribution in [3.05, 3.63) is 0 Å². The van der Waals surface area contributed by atoms with E-state index in [0.29, 0.717) is 5.92 Å². The maximum Gasteiger partial charge on any atom is 0.224 e. The number of carbonyl (C=O) groups is 1. The summed E-state index contributed by atoms with van der Waals surface area (Å²) in [6.07, 6.45) is 6.82. The highest BCUT2D eigenvalue weighted by atomic mass is 16.2. The van der Waals surface area contributed by atoms with Gasteiger partial charge in [0.05, 0.1) is 6.07 Å². The highest BCUT2D eigenvalue weighted by Gasteiger charge is 2.51. The van der Waals surface area contributed by atoms with Crippen molar-refractivity contribution in [1.82, 2.24) is 5.32 Å². The minimum Gasteiger partial charge on any atom is -0.340 e. The van der Waals surface area contributed by atoms with Crippen molar-refractivity contribution in [3.63, 3.8) is 0 Å². The zero-order chi connectivity index (χ0) is 12.5. The largest absolute Gasteiger partial charge is 0.340 e. The Hall–Kier alpha value is -1.04. The number of hydrogen-bond donors (Lipinski definition) is 1. The summed E-state index contributed by atoms with van der Waals surface area (Å²) in [7, 11) is 0. The van der Waals surface area contributed by atoms with Gasteiger partial charge in [0, 0.05) is 5.92 Å². The van der Waals surface area contributed by atoms with Crippen molar-refractivity contribution in [1.29, 1.82) is 5.26 Å². The molecule has 0 aromatic rings. The highest BCUT2D eigenvalue weighted by molar-refractivity contribution is 5.82. The van der Waals surface area contributed by atoms with E-state index < -0.39 is 0 Å². The lowest BCUT2D eigenvalue weighted by molar-refractivity contribution is -0.123. The molecule has 0 aromatic heterocycles. The Labute approximate surface area is 104 Å². The Morgan fingerprint density at radius 1 is 1.35 bits per heavy atom. The van der Waals surface area contributed by atoms with Gasteiger partial charge in [-0.15, -0.1) is 0 Å². The molecule has 2 unspecified atom stereocenters. The second kappa shape index (κ2) is 4.68. The molecule has 1 amide bonds. The molecule has 0 aliphatic heterocycles. The molecular weight excluding hydrogens is 212 g/mol. The lowest BCUT2D eigenvalue weighted by atomic mass is 9.84. The summed E-state index contributed by atoms with van der Waals surface area (Å²) in [4.78, 5) is 12.0. The lowest BCUT2D eigenvalue weighted by Crippen LogP contribution is -2.41. The van der Waals surface area contributed by atoms with E-state index in [9.17, 15) is 10.1 Å². The monoisotopic (exact) mass is 234 g/mol. The van der Waals surface area contributed by atoms with E-state index >= 15 is 0 Å². The average Bonchev–Trinajstić information content (AvgIpc) is 2.96. The van der Waals surface area contributed by atoms with Crippen LogP contribution in [0.15, 0.2) is 0 Å². The number of nitrogens with one attached hydrogen (secondary N) is 1. The first-order valence-electron chi connectivity index (χ1n) is 6.74. The normalized spacial score (nSPS) is 29.1. The van der Waals surface area contributed by atoms with Gasteiger partial charge in [0.2, 0.25) is 5.91 Å². The van der Waals surface area contributed by atoms with Crippen LogP contribution in [0, 0.1) is 28.6 Å². The summed E-state index contributed by atoms with van der Waals surface area (Å²) in [5.74, 6) is 0.591. The Morgan fingerprint density at radius 2 is 1.94 bits per heavy atom. The van der Waals surface area contributed by atoms with Gasteiger partial charge >= 0.3 is 0 Å². The Balaban J connectivity index is 1.87. The van der Waals surface area contributed by atoms with Crippen LogP contribution in [-0.4, -0.2) is 11.9 Å². The minimum atomic E-state index is -0.265. The van der Waals surface area contributed by atoms with Crippen molar-refractivity contribution < 1.29 is 4.79 Å².